The summed E-state index contributed by atoms with van der Waals surface area (Å²) in [6.45, 7) is 3.35. The lowest BCUT2D eigenvalue weighted by Gasteiger charge is -2.44. The maximum absolute atomic E-state index is 13.7. The maximum atomic E-state index is 13.7. The largest absolute Gasteiger partial charge is 0.444 e. The van der Waals surface area contributed by atoms with Crippen LogP contribution < -0.4 is 4.90 Å². The zero-order valence-corrected chi connectivity index (χ0v) is 17.9. The van der Waals surface area contributed by atoms with E-state index in [1.807, 2.05) is 11.4 Å². The first-order valence-electron chi connectivity index (χ1n) is 8.77. The smallest absolute Gasteiger partial charge is 0.414 e. The lowest BCUT2D eigenvalue weighted by molar-refractivity contribution is -0.0311. The average molecular weight is 476 g/mol. The molecule has 0 saturated carbocycles. The zero-order chi connectivity index (χ0) is 18.1. The number of fused-ring (bicyclic) bond motifs is 3. The van der Waals surface area contributed by atoms with Crippen molar-refractivity contribution in [1.29, 1.82) is 0 Å². The molecule has 0 N–H and O–H groups in total. The van der Waals surface area contributed by atoms with Crippen molar-refractivity contribution in [2.24, 2.45) is 5.92 Å². The first-order valence-corrected chi connectivity index (χ1v) is 10.4. The van der Waals surface area contributed by atoms with Gasteiger partial charge in [0.2, 0.25) is 0 Å². The molecule has 0 unspecified atom stereocenters. The van der Waals surface area contributed by atoms with E-state index < -0.39 is 6.09 Å². The topological polar surface area (TPSA) is 32.8 Å². The standard InChI is InChI=1S/C19H20BrFN2O2S.ClH/c20-14-8-17(26-12-14)10-23(16-3-1-2-15(21)9-16)19(24)25-18-11-22-6-4-13(18)5-7-22;/h1-3,8-9,12-13,18H,4-7,10-11H2;1H/t18-;/m0./s1. The summed E-state index contributed by atoms with van der Waals surface area (Å²) in [6.07, 6.45) is 1.68. The summed E-state index contributed by atoms with van der Waals surface area (Å²) in [7, 11) is 0. The second kappa shape index (κ2) is 8.90. The van der Waals surface area contributed by atoms with Gasteiger partial charge in [-0.2, -0.15) is 0 Å². The van der Waals surface area contributed by atoms with Crippen molar-refractivity contribution >= 4 is 51.5 Å². The number of carbonyl (C=O) groups is 1. The van der Waals surface area contributed by atoms with Gasteiger partial charge in [0.15, 0.2) is 0 Å². The normalized spacial score (nSPS) is 23.6. The number of halogens is 3. The molecule has 0 radical (unpaired) electrons. The van der Waals surface area contributed by atoms with Crippen molar-refractivity contribution in [2.45, 2.75) is 25.5 Å². The number of benzene rings is 1. The Morgan fingerprint density at radius 3 is 2.70 bits per heavy atom. The van der Waals surface area contributed by atoms with E-state index in [0.717, 1.165) is 41.8 Å². The number of amides is 1. The third-order valence-corrected chi connectivity index (χ3v) is 6.81. The molecule has 3 aliphatic rings. The minimum absolute atomic E-state index is 0. The molecule has 1 aromatic carbocycles. The van der Waals surface area contributed by atoms with Crippen molar-refractivity contribution in [3.05, 3.63) is 50.9 Å². The van der Waals surface area contributed by atoms with Gasteiger partial charge in [-0.25, -0.2) is 9.18 Å². The minimum Gasteiger partial charge on any atom is -0.444 e. The fourth-order valence-corrected chi connectivity index (χ4v) is 5.17. The van der Waals surface area contributed by atoms with Crippen LogP contribution in [0.1, 0.15) is 17.7 Å². The molecule has 1 amide bonds. The molecule has 146 valence electrons. The average Bonchev–Trinajstić information content (AvgIpc) is 3.05. The van der Waals surface area contributed by atoms with Crippen LogP contribution in [0.4, 0.5) is 14.9 Å². The summed E-state index contributed by atoms with van der Waals surface area (Å²) < 4.78 is 20.6. The molecule has 1 aromatic heterocycles. The summed E-state index contributed by atoms with van der Waals surface area (Å²) in [5.41, 5.74) is 0.515. The van der Waals surface area contributed by atoms with Gasteiger partial charge in [0.25, 0.3) is 0 Å². The van der Waals surface area contributed by atoms with Crippen LogP contribution in [0.3, 0.4) is 0 Å². The van der Waals surface area contributed by atoms with E-state index in [0.29, 0.717) is 18.2 Å². The molecule has 0 aliphatic carbocycles. The molecule has 4 nitrogen and oxygen atoms in total. The van der Waals surface area contributed by atoms with Gasteiger partial charge in [-0.05, 0) is 72.0 Å². The van der Waals surface area contributed by atoms with E-state index in [2.05, 4.69) is 20.8 Å². The molecule has 2 bridgehead atoms. The van der Waals surface area contributed by atoms with Crippen molar-refractivity contribution in [3.8, 4) is 0 Å². The molecule has 4 heterocycles. The predicted molar refractivity (Wildman–Crippen MR) is 111 cm³/mol. The first kappa shape index (κ1) is 20.6. The second-order valence-electron chi connectivity index (χ2n) is 6.86. The third-order valence-electron chi connectivity index (χ3n) is 5.12. The Morgan fingerprint density at radius 2 is 2.11 bits per heavy atom. The molecular formula is C19H21BrClFN2O2S. The zero-order valence-electron chi connectivity index (χ0n) is 14.6. The number of thiophene rings is 1. The second-order valence-corrected chi connectivity index (χ2v) is 8.77. The summed E-state index contributed by atoms with van der Waals surface area (Å²) in [5.74, 6) is 0.0738. The molecule has 3 fully saturated rings. The number of piperidine rings is 3. The van der Waals surface area contributed by atoms with Crippen LogP contribution in [0.2, 0.25) is 0 Å². The van der Waals surface area contributed by atoms with E-state index in [4.69, 9.17) is 4.74 Å². The quantitative estimate of drug-likeness (QED) is 0.601. The third kappa shape index (κ3) is 4.83. The molecule has 0 spiro atoms. The Balaban J connectivity index is 0.00000210. The van der Waals surface area contributed by atoms with Crippen molar-refractivity contribution in [3.63, 3.8) is 0 Å². The predicted octanol–water partition coefficient (Wildman–Crippen LogP) is 5.31. The molecule has 5 rings (SSSR count). The Morgan fingerprint density at radius 1 is 1.33 bits per heavy atom. The SMILES string of the molecule is Cl.O=C(O[C@H]1CN2CCC1CC2)N(Cc1cc(Br)cs1)c1cccc(F)c1. The van der Waals surface area contributed by atoms with Gasteiger partial charge in [0.05, 0.1) is 12.2 Å². The molecule has 1 atom stereocenters. The van der Waals surface area contributed by atoms with Gasteiger partial charge >= 0.3 is 6.09 Å². The molecule has 3 aliphatic heterocycles. The maximum Gasteiger partial charge on any atom is 0.414 e. The molecule has 8 heteroatoms. The van der Waals surface area contributed by atoms with Crippen molar-refractivity contribution in [1.82, 2.24) is 4.90 Å². The van der Waals surface area contributed by atoms with Crippen LogP contribution in [0.5, 0.6) is 0 Å². The highest BCUT2D eigenvalue weighted by molar-refractivity contribution is 9.10. The molecule has 3 saturated heterocycles. The monoisotopic (exact) mass is 474 g/mol. The van der Waals surface area contributed by atoms with Crippen LogP contribution in [0.25, 0.3) is 0 Å². The van der Waals surface area contributed by atoms with Crippen LogP contribution in [-0.2, 0) is 11.3 Å². The Labute approximate surface area is 176 Å². The van der Waals surface area contributed by atoms with Gasteiger partial charge in [0.1, 0.15) is 11.9 Å². The number of anilines is 1. The van der Waals surface area contributed by atoms with Gasteiger partial charge in [0, 0.05) is 21.3 Å². The molecule has 27 heavy (non-hydrogen) atoms. The number of hydrogen-bond acceptors (Lipinski definition) is 4. The minimum atomic E-state index is -0.404. The lowest BCUT2D eigenvalue weighted by Crippen LogP contribution is -2.53. The first-order chi connectivity index (χ1) is 12.6. The number of rotatable bonds is 4. The van der Waals surface area contributed by atoms with Crippen molar-refractivity contribution < 1.29 is 13.9 Å². The highest BCUT2D eigenvalue weighted by atomic mass is 79.9. The Bertz CT molecular complexity index is 798. The van der Waals surface area contributed by atoms with Gasteiger partial charge in [-0.15, -0.1) is 23.7 Å². The summed E-state index contributed by atoms with van der Waals surface area (Å²) in [4.78, 5) is 17.8. The van der Waals surface area contributed by atoms with Gasteiger partial charge in [-0.3, -0.25) is 9.80 Å². The lowest BCUT2D eigenvalue weighted by atomic mass is 9.86. The number of hydrogen-bond donors (Lipinski definition) is 0. The van der Waals surface area contributed by atoms with Crippen molar-refractivity contribution in [2.75, 3.05) is 24.5 Å². The fraction of sp³-hybridized carbons (Fsp3) is 0.421. The van der Waals surface area contributed by atoms with E-state index in [1.165, 1.54) is 17.0 Å². The van der Waals surface area contributed by atoms with Crippen LogP contribution >= 0.6 is 39.7 Å². The number of ether oxygens (including phenoxy) is 1. The Kier molecular flexibility index (Phi) is 6.78. The number of nitrogens with zero attached hydrogens (tertiary/aromatic N) is 2. The van der Waals surface area contributed by atoms with Crippen LogP contribution in [0.15, 0.2) is 40.2 Å². The van der Waals surface area contributed by atoms with Gasteiger partial charge in [-0.1, -0.05) is 6.07 Å². The van der Waals surface area contributed by atoms with E-state index >= 15 is 0 Å². The van der Waals surface area contributed by atoms with E-state index in [-0.39, 0.29) is 24.3 Å². The highest BCUT2D eigenvalue weighted by Gasteiger charge is 2.37. The molecular weight excluding hydrogens is 455 g/mol. The fourth-order valence-electron chi connectivity index (χ4n) is 3.74. The van der Waals surface area contributed by atoms with Crippen LogP contribution in [-0.4, -0.2) is 36.7 Å². The highest BCUT2D eigenvalue weighted by Crippen LogP contribution is 2.31. The Hall–Kier alpha value is -1.15. The summed E-state index contributed by atoms with van der Waals surface area (Å²) >= 11 is 4.99. The van der Waals surface area contributed by atoms with Gasteiger partial charge < -0.3 is 4.74 Å². The van der Waals surface area contributed by atoms with E-state index in [9.17, 15) is 9.18 Å². The number of carbonyl (C=O) groups excluding carboxylic acids is 1. The van der Waals surface area contributed by atoms with E-state index in [1.54, 1.807) is 23.5 Å². The summed E-state index contributed by atoms with van der Waals surface area (Å²) in [6, 6.07) is 8.08. The summed E-state index contributed by atoms with van der Waals surface area (Å²) in [5, 5.41) is 1.97. The van der Waals surface area contributed by atoms with Crippen LogP contribution in [0, 0.1) is 11.7 Å². The molecule has 2 aromatic rings.